The zero-order valence-electron chi connectivity index (χ0n) is 14.5. The lowest BCUT2D eigenvalue weighted by atomic mass is 9.89. The highest BCUT2D eigenvalue weighted by molar-refractivity contribution is 5.76. The van der Waals surface area contributed by atoms with Gasteiger partial charge in [0, 0.05) is 18.5 Å². The highest BCUT2D eigenvalue weighted by Crippen LogP contribution is 2.41. The number of hydrogen-bond donors (Lipinski definition) is 2. The van der Waals surface area contributed by atoms with Crippen LogP contribution in [0.5, 0.6) is 5.75 Å². The van der Waals surface area contributed by atoms with E-state index in [-0.39, 0.29) is 11.9 Å². The molecule has 24 heavy (non-hydrogen) atoms. The summed E-state index contributed by atoms with van der Waals surface area (Å²) < 4.78 is 5.24. The van der Waals surface area contributed by atoms with Gasteiger partial charge in [-0.1, -0.05) is 12.1 Å². The van der Waals surface area contributed by atoms with E-state index >= 15 is 0 Å². The zero-order valence-corrected chi connectivity index (χ0v) is 14.5. The molecule has 0 spiro atoms. The van der Waals surface area contributed by atoms with Crippen LogP contribution >= 0.6 is 0 Å². The fourth-order valence-corrected chi connectivity index (χ4v) is 4.55. The predicted octanol–water partition coefficient (Wildman–Crippen LogP) is 3.18. The molecule has 4 atom stereocenters. The first kappa shape index (κ1) is 15.9. The highest BCUT2D eigenvalue weighted by Gasteiger charge is 2.36. The third-order valence-electron chi connectivity index (χ3n) is 5.93. The Labute approximate surface area is 144 Å². The minimum absolute atomic E-state index is 0.168. The van der Waals surface area contributed by atoms with Gasteiger partial charge in [-0.05, 0) is 68.1 Å². The van der Waals surface area contributed by atoms with Crippen LogP contribution in [0.4, 0.5) is 0 Å². The molecule has 4 rings (SSSR count). The van der Waals surface area contributed by atoms with Crippen molar-refractivity contribution in [1.29, 1.82) is 0 Å². The van der Waals surface area contributed by atoms with Gasteiger partial charge in [0.15, 0.2) is 0 Å². The van der Waals surface area contributed by atoms with E-state index in [2.05, 4.69) is 22.8 Å². The molecule has 2 aliphatic heterocycles. The summed E-state index contributed by atoms with van der Waals surface area (Å²) in [5.41, 5.74) is 1.21. The van der Waals surface area contributed by atoms with Crippen molar-refractivity contribution in [2.24, 2.45) is 11.8 Å². The van der Waals surface area contributed by atoms with Crippen molar-refractivity contribution in [3.63, 3.8) is 0 Å². The van der Waals surface area contributed by atoms with E-state index in [4.69, 9.17) is 4.74 Å². The minimum atomic E-state index is 0.168. The molecule has 2 heterocycles. The smallest absolute Gasteiger partial charge is 0.220 e. The molecule has 4 heteroatoms. The molecule has 1 unspecified atom stereocenters. The van der Waals surface area contributed by atoms with Gasteiger partial charge in [-0.2, -0.15) is 0 Å². The van der Waals surface area contributed by atoms with Crippen LogP contribution in [-0.4, -0.2) is 25.1 Å². The van der Waals surface area contributed by atoms with E-state index in [1.807, 2.05) is 12.1 Å². The second-order valence-corrected chi connectivity index (χ2v) is 7.84. The van der Waals surface area contributed by atoms with E-state index in [0.29, 0.717) is 30.3 Å². The summed E-state index contributed by atoms with van der Waals surface area (Å²) in [5.74, 6) is 2.25. The van der Waals surface area contributed by atoms with Gasteiger partial charge in [-0.3, -0.25) is 4.79 Å². The van der Waals surface area contributed by atoms with Gasteiger partial charge < -0.3 is 15.4 Å². The van der Waals surface area contributed by atoms with Crippen molar-refractivity contribution >= 4 is 5.91 Å². The Morgan fingerprint density at radius 1 is 1.17 bits per heavy atom. The molecule has 1 saturated carbocycles. The molecule has 130 valence electrons. The Hall–Kier alpha value is -1.55. The Morgan fingerprint density at radius 3 is 2.42 bits per heavy atom. The number of methoxy groups -OCH3 is 1. The highest BCUT2D eigenvalue weighted by atomic mass is 16.5. The van der Waals surface area contributed by atoms with E-state index in [0.717, 1.165) is 5.75 Å². The monoisotopic (exact) mass is 328 g/mol. The normalized spacial score (nSPS) is 30.0. The number of nitrogens with one attached hydrogen (secondary N) is 2. The first-order valence-electron chi connectivity index (χ1n) is 9.40. The molecule has 2 N–H and O–H groups in total. The number of hydrogen-bond acceptors (Lipinski definition) is 3. The number of ether oxygens (including phenoxy) is 1. The van der Waals surface area contributed by atoms with E-state index in [1.165, 1.54) is 44.1 Å². The van der Waals surface area contributed by atoms with Crippen molar-refractivity contribution in [1.82, 2.24) is 10.6 Å². The summed E-state index contributed by atoms with van der Waals surface area (Å²) in [6.07, 6.45) is 8.04. The van der Waals surface area contributed by atoms with Crippen LogP contribution in [-0.2, 0) is 4.79 Å². The summed E-state index contributed by atoms with van der Waals surface area (Å²) in [4.78, 5) is 12.6. The summed E-state index contributed by atoms with van der Waals surface area (Å²) in [5, 5.41) is 6.99. The fourth-order valence-electron chi connectivity index (χ4n) is 4.55. The van der Waals surface area contributed by atoms with Gasteiger partial charge in [0.05, 0.1) is 13.2 Å². The van der Waals surface area contributed by atoms with Gasteiger partial charge >= 0.3 is 0 Å². The SMILES string of the molecule is COc1ccc([C@H](NC(=O)CC2C[C@H]3CC[C@@H](C2)N3)C2CC2)cc1. The Balaban J connectivity index is 1.36. The molecule has 0 aromatic heterocycles. The second-order valence-electron chi connectivity index (χ2n) is 7.84. The quantitative estimate of drug-likeness (QED) is 0.843. The van der Waals surface area contributed by atoms with Crippen molar-refractivity contribution in [3.8, 4) is 5.75 Å². The van der Waals surface area contributed by atoms with Gasteiger partial charge in [0.2, 0.25) is 5.91 Å². The molecule has 1 aromatic carbocycles. The third kappa shape index (κ3) is 3.59. The molecule has 4 nitrogen and oxygen atoms in total. The Bertz CT molecular complexity index is 570. The number of benzene rings is 1. The molecular formula is C20H28N2O2. The van der Waals surface area contributed by atoms with Crippen molar-refractivity contribution in [2.45, 2.75) is 63.1 Å². The molecular weight excluding hydrogens is 300 g/mol. The largest absolute Gasteiger partial charge is 0.497 e. The van der Waals surface area contributed by atoms with Crippen LogP contribution in [0.3, 0.4) is 0 Å². The minimum Gasteiger partial charge on any atom is -0.497 e. The standard InChI is InChI=1S/C20H28N2O2/c1-24-18-8-4-15(5-9-18)20(14-2-3-14)22-19(23)12-13-10-16-6-7-17(11-13)21-16/h4-5,8-9,13-14,16-17,20-21H,2-3,6-7,10-12H2,1H3,(H,22,23)/t13?,16-,17+,20-/m1/s1. The number of amides is 1. The lowest BCUT2D eigenvalue weighted by Gasteiger charge is -2.29. The van der Waals surface area contributed by atoms with Crippen LogP contribution in [0.25, 0.3) is 0 Å². The average molecular weight is 328 g/mol. The molecule has 1 aromatic rings. The molecule has 1 aliphatic carbocycles. The zero-order chi connectivity index (χ0) is 16.5. The number of fused-ring (bicyclic) bond motifs is 2. The topological polar surface area (TPSA) is 50.4 Å². The van der Waals surface area contributed by atoms with Crippen LogP contribution in [0, 0.1) is 11.8 Å². The summed E-state index contributed by atoms with van der Waals surface area (Å²) in [6, 6.07) is 9.63. The lowest BCUT2D eigenvalue weighted by Crippen LogP contribution is -2.40. The van der Waals surface area contributed by atoms with Crippen molar-refractivity contribution < 1.29 is 9.53 Å². The Kier molecular flexibility index (Phi) is 4.49. The summed E-state index contributed by atoms with van der Waals surface area (Å²) in [6.45, 7) is 0. The second kappa shape index (κ2) is 6.75. The van der Waals surface area contributed by atoms with Crippen LogP contribution in [0.1, 0.15) is 56.6 Å². The number of rotatable bonds is 6. The van der Waals surface area contributed by atoms with E-state index < -0.39 is 0 Å². The molecule has 1 amide bonds. The maximum atomic E-state index is 12.6. The molecule has 0 radical (unpaired) electrons. The van der Waals surface area contributed by atoms with Gasteiger partial charge in [0.1, 0.15) is 5.75 Å². The molecule has 2 saturated heterocycles. The summed E-state index contributed by atoms with van der Waals surface area (Å²) in [7, 11) is 1.68. The first-order chi connectivity index (χ1) is 11.7. The molecule has 2 bridgehead atoms. The average Bonchev–Trinajstić information content (AvgIpc) is 3.37. The molecule has 3 fully saturated rings. The van der Waals surface area contributed by atoms with Crippen molar-refractivity contribution in [3.05, 3.63) is 29.8 Å². The molecule has 3 aliphatic rings. The first-order valence-corrected chi connectivity index (χ1v) is 9.40. The van der Waals surface area contributed by atoms with Gasteiger partial charge in [-0.25, -0.2) is 0 Å². The number of piperidine rings is 1. The number of carbonyl (C=O) groups is 1. The predicted molar refractivity (Wildman–Crippen MR) is 93.9 cm³/mol. The van der Waals surface area contributed by atoms with Gasteiger partial charge in [-0.15, -0.1) is 0 Å². The van der Waals surface area contributed by atoms with Gasteiger partial charge in [0.25, 0.3) is 0 Å². The van der Waals surface area contributed by atoms with E-state index in [1.54, 1.807) is 7.11 Å². The van der Waals surface area contributed by atoms with Crippen molar-refractivity contribution in [2.75, 3.05) is 7.11 Å². The number of carbonyl (C=O) groups excluding carboxylic acids is 1. The van der Waals surface area contributed by atoms with Crippen LogP contribution in [0.15, 0.2) is 24.3 Å². The third-order valence-corrected chi connectivity index (χ3v) is 5.93. The maximum absolute atomic E-state index is 12.6. The summed E-state index contributed by atoms with van der Waals surface area (Å²) >= 11 is 0. The lowest BCUT2D eigenvalue weighted by molar-refractivity contribution is -0.123. The maximum Gasteiger partial charge on any atom is 0.220 e. The fraction of sp³-hybridized carbons (Fsp3) is 0.650. The Morgan fingerprint density at radius 2 is 1.83 bits per heavy atom. The van der Waals surface area contributed by atoms with Crippen LogP contribution < -0.4 is 15.4 Å². The van der Waals surface area contributed by atoms with E-state index in [9.17, 15) is 4.79 Å². The van der Waals surface area contributed by atoms with Crippen LogP contribution in [0.2, 0.25) is 0 Å².